The van der Waals surface area contributed by atoms with E-state index in [0.29, 0.717) is 5.54 Å². The number of hydrogen-bond donors (Lipinski definition) is 0. The summed E-state index contributed by atoms with van der Waals surface area (Å²) in [6.07, 6.45) is 0. The summed E-state index contributed by atoms with van der Waals surface area (Å²) in [6, 6.07) is 8.12. The summed E-state index contributed by atoms with van der Waals surface area (Å²) >= 11 is 0. The Morgan fingerprint density at radius 2 is 1.68 bits per heavy atom. The Hall–Kier alpha value is -1.09. The molecule has 0 fully saturated rings. The zero-order valence-electron chi connectivity index (χ0n) is 13.2. The summed E-state index contributed by atoms with van der Waals surface area (Å²) in [4.78, 5) is 14.5. The summed E-state index contributed by atoms with van der Waals surface area (Å²) < 4.78 is 0. The fourth-order valence-electron chi connectivity index (χ4n) is 2.22. The lowest BCUT2D eigenvalue weighted by atomic mass is 10.0. The van der Waals surface area contributed by atoms with Gasteiger partial charge in [-0.1, -0.05) is 44.8 Å². The van der Waals surface area contributed by atoms with Gasteiger partial charge in [0.2, 0.25) is 0 Å². The molecule has 106 valence electrons. The van der Waals surface area contributed by atoms with Gasteiger partial charge in [-0.25, -0.2) is 0 Å². The van der Waals surface area contributed by atoms with Crippen LogP contribution in [0.1, 0.15) is 42.2 Å². The summed E-state index contributed by atoms with van der Waals surface area (Å²) in [5.74, 6) is 0.172. The molecule has 1 atom stereocenters. The van der Waals surface area contributed by atoms with Gasteiger partial charge >= 0.3 is 0 Å². The van der Waals surface area contributed by atoms with Gasteiger partial charge in [-0.2, -0.15) is 0 Å². The number of nitrogens with zero attached hydrogens (tertiary/aromatic N) is 1. The van der Waals surface area contributed by atoms with E-state index in [-0.39, 0.29) is 5.91 Å². The van der Waals surface area contributed by atoms with Crippen LogP contribution in [0.3, 0.4) is 0 Å². The van der Waals surface area contributed by atoms with Gasteiger partial charge in [0.1, 0.15) is 0 Å². The van der Waals surface area contributed by atoms with Gasteiger partial charge in [-0.3, -0.25) is 4.79 Å². The maximum atomic E-state index is 12.6. The lowest BCUT2D eigenvalue weighted by molar-refractivity contribution is 0.0772. The maximum absolute atomic E-state index is 12.6. The van der Waals surface area contributed by atoms with E-state index in [1.807, 2.05) is 36.9 Å². The summed E-state index contributed by atoms with van der Waals surface area (Å²) in [7, 11) is -1.30. The van der Waals surface area contributed by atoms with Crippen LogP contribution in [0.4, 0.5) is 0 Å². The first-order chi connectivity index (χ1) is 8.82. The Kier molecular flexibility index (Phi) is 5.35. The van der Waals surface area contributed by atoms with Crippen LogP contribution in [0.2, 0.25) is 19.6 Å². The van der Waals surface area contributed by atoms with Crippen LogP contribution in [0.5, 0.6) is 0 Å². The third-order valence-electron chi connectivity index (χ3n) is 4.01. The molecule has 1 aromatic rings. The van der Waals surface area contributed by atoms with Crippen LogP contribution < -0.4 is 0 Å². The molecule has 0 aliphatic heterocycles. The summed E-state index contributed by atoms with van der Waals surface area (Å²) in [5, 5.41) is 0. The first kappa shape index (κ1) is 16.0. The smallest absolute Gasteiger partial charge is 0.254 e. The van der Waals surface area contributed by atoms with Crippen LogP contribution >= 0.6 is 0 Å². The van der Waals surface area contributed by atoms with E-state index in [0.717, 1.165) is 18.7 Å². The molecular weight excluding hydrogens is 250 g/mol. The lowest BCUT2D eigenvalue weighted by Crippen LogP contribution is -2.34. The molecule has 1 unspecified atom stereocenters. The summed E-state index contributed by atoms with van der Waals surface area (Å²) in [6.45, 7) is 14.9. The van der Waals surface area contributed by atoms with E-state index < -0.39 is 8.07 Å². The highest BCUT2D eigenvalue weighted by molar-refractivity contribution is 6.77. The van der Waals surface area contributed by atoms with Crippen molar-refractivity contribution in [2.75, 3.05) is 13.1 Å². The monoisotopic (exact) mass is 277 g/mol. The number of amides is 1. The number of rotatable bonds is 5. The van der Waals surface area contributed by atoms with Crippen molar-refractivity contribution < 1.29 is 4.79 Å². The third-order valence-corrected chi connectivity index (χ3v) is 6.92. The highest BCUT2D eigenvalue weighted by Gasteiger charge is 2.28. The zero-order chi connectivity index (χ0) is 14.6. The predicted octanol–water partition coefficient (Wildman–Crippen LogP) is 4.15. The van der Waals surface area contributed by atoms with Crippen molar-refractivity contribution in [1.29, 1.82) is 0 Å². The molecular formula is C16H27NOSi. The third kappa shape index (κ3) is 3.69. The predicted molar refractivity (Wildman–Crippen MR) is 85.5 cm³/mol. The number of hydrogen-bond acceptors (Lipinski definition) is 1. The zero-order valence-corrected chi connectivity index (χ0v) is 14.2. The van der Waals surface area contributed by atoms with Crippen molar-refractivity contribution >= 4 is 14.0 Å². The van der Waals surface area contributed by atoms with Crippen molar-refractivity contribution in [3.8, 4) is 0 Å². The van der Waals surface area contributed by atoms with Gasteiger partial charge < -0.3 is 4.90 Å². The Balaban J connectivity index is 3.19. The average Bonchev–Trinajstić information content (AvgIpc) is 2.38. The Morgan fingerprint density at radius 1 is 1.16 bits per heavy atom. The molecule has 0 saturated heterocycles. The van der Waals surface area contributed by atoms with E-state index in [1.54, 1.807) is 0 Å². The van der Waals surface area contributed by atoms with Crippen LogP contribution in [0.15, 0.2) is 24.3 Å². The molecule has 0 N–H and O–H groups in total. The number of carbonyl (C=O) groups is 1. The molecule has 0 aromatic heterocycles. The second-order valence-corrected chi connectivity index (χ2v) is 11.8. The highest BCUT2D eigenvalue weighted by Crippen LogP contribution is 2.29. The second-order valence-electron chi connectivity index (χ2n) is 6.15. The fourth-order valence-corrected chi connectivity index (χ4v) is 3.40. The molecule has 0 bridgehead atoms. The average molecular weight is 277 g/mol. The molecule has 19 heavy (non-hydrogen) atoms. The quantitative estimate of drug-likeness (QED) is 0.740. The normalized spacial score (nSPS) is 13.2. The van der Waals surface area contributed by atoms with Crippen molar-refractivity contribution in [2.45, 2.75) is 46.0 Å². The minimum Gasteiger partial charge on any atom is -0.339 e. The molecule has 0 spiro atoms. The van der Waals surface area contributed by atoms with Crippen molar-refractivity contribution in [2.24, 2.45) is 0 Å². The van der Waals surface area contributed by atoms with Gasteiger partial charge in [-0.15, -0.1) is 0 Å². The molecule has 3 heteroatoms. The highest BCUT2D eigenvalue weighted by atomic mass is 28.3. The molecule has 0 aliphatic rings. The topological polar surface area (TPSA) is 20.3 Å². The Labute approximate surface area is 118 Å². The molecule has 0 saturated carbocycles. The SMILES string of the molecule is CCN(CC)C(=O)c1ccccc1C(C)[Si](C)(C)C. The second kappa shape index (κ2) is 6.37. The molecule has 1 aromatic carbocycles. The van der Waals surface area contributed by atoms with E-state index in [4.69, 9.17) is 0 Å². The van der Waals surface area contributed by atoms with Crippen molar-refractivity contribution in [3.63, 3.8) is 0 Å². The van der Waals surface area contributed by atoms with Gasteiger partial charge in [0, 0.05) is 18.7 Å². The van der Waals surface area contributed by atoms with Gasteiger partial charge in [-0.05, 0) is 31.0 Å². The summed E-state index contributed by atoms with van der Waals surface area (Å²) in [5.41, 5.74) is 2.60. The van der Waals surface area contributed by atoms with Gasteiger partial charge in [0.25, 0.3) is 5.91 Å². The first-order valence-electron chi connectivity index (χ1n) is 7.21. The molecule has 0 heterocycles. The molecule has 1 rings (SSSR count). The van der Waals surface area contributed by atoms with E-state index >= 15 is 0 Å². The van der Waals surface area contributed by atoms with Gasteiger partial charge in [0.05, 0.1) is 8.07 Å². The number of carbonyl (C=O) groups excluding carboxylic acids is 1. The van der Waals surface area contributed by atoms with Crippen molar-refractivity contribution in [1.82, 2.24) is 4.90 Å². The van der Waals surface area contributed by atoms with E-state index in [2.05, 4.69) is 32.6 Å². The Bertz CT molecular complexity index is 433. The minimum absolute atomic E-state index is 0.172. The molecule has 0 aliphatic carbocycles. The molecule has 2 nitrogen and oxygen atoms in total. The number of benzene rings is 1. The minimum atomic E-state index is -1.30. The van der Waals surface area contributed by atoms with Crippen LogP contribution in [-0.2, 0) is 0 Å². The fraction of sp³-hybridized carbons (Fsp3) is 0.562. The molecule has 0 radical (unpaired) electrons. The van der Waals surface area contributed by atoms with Crippen molar-refractivity contribution in [3.05, 3.63) is 35.4 Å². The molecule has 1 amide bonds. The largest absolute Gasteiger partial charge is 0.339 e. The van der Waals surface area contributed by atoms with Crippen LogP contribution in [0, 0.1) is 0 Å². The first-order valence-corrected chi connectivity index (χ1v) is 10.8. The van der Waals surface area contributed by atoms with Gasteiger partial charge in [0.15, 0.2) is 0 Å². The Morgan fingerprint density at radius 3 is 2.16 bits per heavy atom. The lowest BCUT2D eigenvalue weighted by Gasteiger charge is -2.28. The van der Waals surface area contributed by atoms with E-state index in [9.17, 15) is 4.79 Å². The maximum Gasteiger partial charge on any atom is 0.254 e. The van der Waals surface area contributed by atoms with Crippen LogP contribution in [-0.4, -0.2) is 32.0 Å². The van der Waals surface area contributed by atoms with E-state index in [1.165, 1.54) is 5.56 Å². The van der Waals surface area contributed by atoms with Crippen LogP contribution in [0.25, 0.3) is 0 Å². The standard InChI is InChI=1S/C16H27NOSi/c1-7-17(8-2)16(18)15-12-10-9-11-14(15)13(3)19(4,5)6/h9-13H,7-8H2,1-6H3.